The molecule has 0 atom stereocenters. The van der Waals surface area contributed by atoms with Crippen LogP contribution in [0.3, 0.4) is 0 Å². The number of hydrogen-bond acceptors (Lipinski definition) is 4. The Bertz CT molecular complexity index is 543. The van der Waals surface area contributed by atoms with Crippen LogP contribution >= 0.6 is 0 Å². The van der Waals surface area contributed by atoms with Crippen LogP contribution in [-0.4, -0.2) is 25.0 Å². The van der Waals surface area contributed by atoms with Crippen molar-refractivity contribution in [3.63, 3.8) is 0 Å². The van der Waals surface area contributed by atoms with Crippen molar-refractivity contribution in [2.45, 2.75) is 6.61 Å². The molecule has 0 aliphatic heterocycles. The van der Waals surface area contributed by atoms with Crippen molar-refractivity contribution in [3.8, 4) is 5.75 Å². The molecule has 2 rings (SSSR count). The van der Waals surface area contributed by atoms with Crippen LogP contribution in [0.1, 0.15) is 5.56 Å². The fraction of sp³-hybridized carbons (Fsp3) is 0.176. The van der Waals surface area contributed by atoms with Gasteiger partial charge in [0.25, 0.3) is 5.91 Å². The van der Waals surface area contributed by atoms with Gasteiger partial charge in [0.1, 0.15) is 18.9 Å². The second kappa shape index (κ2) is 8.46. The van der Waals surface area contributed by atoms with Crippen LogP contribution < -0.4 is 10.1 Å². The minimum atomic E-state index is -0.489. The molecule has 114 valence electrons. The Balaban J connectivity index is 1.62. The van der Waals surface area contributed by atoms with E-state index >= 15 is 0 Å². The summed E-state index contributed by atoms with van der Waals surface area (Å²) in [6.07, 6.45) is 0. The van der Waals surface area contributed by atoms with Crippen LogP contribution in [0.15, 0.2) is 60.7 Å². The molecule has 0 saturated heterocycles. The monoisotopic (exact) mass is 299 g/mol. The number of carbonyl (C=O) groups excluding carboxylic acids is 2. The maximum Gasteiger partial charge on any atom is 0.325 e. The summed E-state index contributed by atoms with van der Waals surface area (Å²) < 4.78 is 10.3. The van der Waals surface area contributed by atoms with E-state index in [1.807, 2.05) is 48.5 Å². The van der Waals surface area contributed by atoms with Gasteiger partial charge in [-0.1, -0.05) is 48.5 Å². The van der Waals surface area contributed by atoms with E-state index in [0.717, 1.165) is 5.56 Å². The maximum atomic E-state index is 11.6. The summed E-state index contributed by atoms with van der Waals surface area (Å²) >= 11 is 0. The minimum absolute atomic E-state index is 0.143. The quantitative estimate of drug-likeness (QED) is 0.793. The predicted octanol–water partition coefficient (Wildman–Crippen LogP) is 1.92. The molecule has 5 heteroatoms. The molecule has 5 nitrogen and oxygen atoms in total. The summed E-state index contributed by atoms with van der Waals surface area (Å²) in [7, 11) is 0. The summed E-state index contributed by atoms with van der Waals surface area (Å²) in [5, 5.41) is 2.45. The first-order valence-electron chi connectivity index (χ1n) is 6.88. The van der Waals surface area contributed by atoms with Crippen molar-refractivity contribution in [1.29, 1.82) is 0 Å². The third-order valence-electron chi connectivity index (χ3n) is 2.79. The van der Waals surface area contributed by atoms with Gasteiger partial charge in [-0.2, -0.15) is 0 Å². The van der Waals surface area contributed by atoms with Gasteiger partial charge in [-0.3, -0.25) is 9.59 Å². The van der Waals surface area contributed by atoms with E-state index in [4.69, 9.17) is 9.47 Å². The Kier molecular flexibility index (Phi) is 5.99. The molecule has 0 fully saturated rings. The van der Waals surface area contributed by atoms with Crippen LogP contribution in [0.25, 0.3) is 0 Å². The molecule has 1 N–H and O–H groups in total. The summed E-state index contributed by atoms with van der Waals surface area (Å²) in [4.78, 5) is 23.1. The molecule has 0 aromatic heterocycles. The highest BCUT2D eigenvalue weighted by Crippen LogP contribution is 2.07. The molecule has 22 heavy (non-hydrogen) atoms. The summed E-state index contributed by atoms with van der Waals surface area (Å²) in [6, 6.07) is 18.3. The maximum absolute atomic E-state index is 11.6. The van der Waals surface area contributed by atoms with Gasteiger partial charge in [0.15, 0.2) is 6.61 Å². The van der Waals surface area contributed by atoms with Gasteiger partial charge in [-0.15, -0.1) is 0 Å². The highest BCUT2D eigenvalue weighted by molar-refractivity contribution is 5.82. The van der Waals surface area contributed by atoms with Gasteiger partial charge in [-0.05, 0) is 17.7 Å². The molecule has 0 radical (unpaired) electrons. The first kappa shape index (κ1) is 15.6. The smallest absolute Gasteiger partial charge is 0.325 e. The summed E-state index contributed by atoms with van der Waals surface area (Å²) in [5.74, 6) is -0.262. The lowest BCUT2D eigenvalue weighted by molar-refractivity contribution is -0.145. The van der Waals surface area contributed by atoms with Gasteiger partial charge in [0.2, 0.25) is 0 Å². The van der Waals surface area contributed by atoms with Crippen molar-refractivity contribution in [2.24, 2.45) is 0 Å². The highest BCUT2D eigenvalue weighted by Gasteiger charge is 2.07. The zero-order valence-corrected chi connectivity index (χ0v) is 12.0. The van der Waals surface area contributed by atoms with Gasteiger partial charge in [0, 0.05) is 0 Å². The zero-order valence-electron chi connectivity index (χ0n) is 12.0. The Morgan fingerprint density at radius 3 is 2.23 bits per heavy atom. The number of carbonyl (C=O) groups is 2. The first-order chi connectivity index (χ1) is 10.7. The first-order valence-corrected chi connectivity index (χ1v) is 6.88. The highest BCUT2D eigenvalue weighted by atomic mass is 16.5. The lowest BCUT2D eigenvalue weighted by Gasteiger charge is -2.08. The number of nitrogens with one attached hydrogen (secondary N) is 1. The molecule has 2 aromatic rings. The normalized spacial score (nSPS) is 9.82. The molecule has 0 aliphatic rings. The molecule has 1 amide bonds. The number of amides is 1. The van der Waals surface area contributed by atoms with Crippen LogP contribution in [0.2, 0.25) is 0 Å². The number of ether oxygens (including phenoxy) is 2. The standard InChI is InChI=1S/C17H17NO4/c19-16(13-21-15-9-5-2-6-10-15)18-11-17(20)22-12-14-7-3-1-4-8-14/h1-10H,11-13H2,(H,18,19). The van der Waals surface area contributed by atoms with Crippen molar-refractivity contribution in [1.82, 2.24) is 5.32 Å². The van der Waals surface area contributed by atoms with Crippen LogP contribution in [0.5, 0.6) is 5.75 Å². The van der Waals surface area contributed by atoms with Gasteiger partial charge in [-0.25, -0.2) is 0 Å². The van der Waals surface area contributed by atoms with E-state index in [1.165, 1.54) is 0 Å². The van der Waals surface area contributed by atoms with Gasteiger partial charge >= 0.3 is 5.97 Å². The molecule has 0 spiro atoms. The molecular formula is C17H17NO4. The molecule has 2 aromatic carbocycles. The fourth-order valence-corrected chi connectivity index (χ4v) is 1.68. The number of esters is 1. The summed E-state index contributed by atoms with van der Waals surface area (Å²) in [6.45, 7) is -0.129. The van der Waals surface area contributed by atoms with Crippen molar-refractivity contribution in [2.75, 3.05) is 13.2 Å². The molecule has 0 aliphatic carbocycles. The van der Waals surface area contributed by atoms with E-state index < -0.39 is 5.97 Å². The van der Waals surface area contributed by atoms with Crippen molar-refractivity contribution < 1.29 is 19.1 Å². The predicted molar refractivity (Wildman–Crippen MR) is 81.2 cm³/mol. The van der Waals surface area contributed by atoms with Crippen molar-refractivity contribution in [3.05, 3.63) is 66.2 Å². The van der Waals surface area contributed by atoms with Gasteiger partial charge in [0.05, 0.1) is 0 Å². The third kappa shape index (κ3) is 5.66. The lowest BCUT2D eigenvalue weighted by atomic mass is 10.2. The Hall–Kier alpha value is -2.82. The largest absolute Gasteiger partial charge is 0.484 e. The molecule has 0 bridgehead atoms. The van der Waals surface area contributed by atoms with Crippen LogP contribution in [-0.2, 0) is 20.9 Å². The Morgan fingerprint density at radius 1 is 0.909 bits per heavy atom. The topological polar surface area (TPSA) is 64.6 Å². The van der Waals surface area contributed by atoms with E-state index in [9.17, 15) is 9.59 Å². The Morgan fingerprint density at radius 2 is 1.55 bits per heavy atom. The average Bonchev–Trinajstić information content (AvgIpc) is 2.58. The van der Waals surface area contributed by atoms with E-state index in [2.05, 4.69) is 5.32 Å². The third-order valence-corrected chi connectivity index (χ3v) is 2.79. The molecule has 0 heterocycles. The number of benzene rings is 2. The average molecular weight is 299 g/mol. The SMILES string of the molecule is O=C(COc1ccccc1)NCC(=O)OCc1ccccc1. The number of para-hydroxylation sites is 1. The zero-order chi connectivity index (χ0) is 15.6. The number of rotatable bonds is 7. The van der Waals surface area contributed by atoms with Gasteiger partial charge < -0.3 is 14.8 Å². The summed E-state index contributed by atoms with van der Waals surface area (Å²) in [5.41, 5.74) is 0.898. The van der Waals surface area contributed by atoms with Crippen LogP contribution in [0, 0.1) is 0 Å². The second-order valence-electron chi connectivity index (χ2n) is 4.52. The van der Waals surface area contributed by atoms with E-state index in [-0.39, 0.29) is 25.7 Å². The lowest BCUT2D eigenvalue weighted by Crippen LogP contribution is -2.34. The molecular weight excluding hydrogens is 282 g/mol. The Labute approximate surface area is 128 Å². The molecule has 0 unspecified atom stereocenters. The van der Waals surface area contributed by atoms with E-state index in [1.54, 1.807) is 12.1 Å². The fourth-order valence-electron chi connectivity index (χ4n) is 1.68. The van der Waals surface area contributed by atoms with Crippen molar-refractivity contribution >= 4 is 11.9 Å². The minimum Gasteiger partial charge on any atom is -0.484 e. The van der Waals surface area contributed by atoms with Crippen LogP contribution in [0.4, 0.5) is 0 Å². The van der Waals surface area contributed by atoms with E-state index in [0.29, 0.717) is 5.75 Å². The number of hydrogen-bond donors (Lipinski definition) is 1. The second-order valence-corrected chi connectivity index (χ2v) is 4.52. The molecule has 0 saturated carbocycles.